The fourth-order valence-electron chi connectivity index (χ4n) is 2.19. The molecule has 3 N–H and O–H groups in total. The largest absolute Gasteiger partial charge is 0.404 e. The Balaban J connectivity index is 2.73. The van der Waals surface area contributed by atoms with Crippen LogP contribution in [0.25, 0.3) is 0 Å². The Morgan fingerprint density at radius 3 is 2.50 bits per heavy atom. The van der Waals surface area contributed by atoms with Crippen molar-refractivity contribution in [3.8, 4) is 0 Å². The Bertz CT molecular complexity index is 299. The molecule has 1 fully saturated rings. The van der Waals surface area contributed by atoms with E-state index in [1.165, 1.54) is 6.92 Å². The van der Waals surface area contributed by atoms with Gasteiger partial charge < -0.3 is 15.7 Å². The molecule has 3 atom stereocenters. The molecule has 0 aromatic heterocycles. The number of alkyl halides is 3. The number of rotatable bonds is 4. The number of carbonyl (C=O) groups is 1. The lowest BCUT2D eigenvalue weighted by atomic mass is 9.85. The minimum atomic E-state index is -4.56. The second-order valence-corrected chi connectivity index (χ2v) is 4.97. The zero-order valence-corrected chi connectivity index (χ0v) is 10.5. The van der Waals surface area contributed by atoms with Gasteiger partial charge in [0.15, 0.2) is 5.41 Å². The fraction of sp³-hybridized carbons (Fsp3) is 0.909. The molecule has 1 heterocycles. The number of aliphatic hydroxyl groups excluding tert-OH is 1. The summed E-state index contributed by atoms with van der Waals surface area (Å²) < 4.78 is 39.1. The molecule has 0 spiro atoms. The van der Waals surface area contributed by atoms with Gasteiger partial charge in [-0.2, -0.15) is 13.2 Å². The van der Waals surface area contributed by atoms with Crippen LogP contribution in [0.3, 0.4) is 0 Å². The molecule has 0 radical (unpaired) electrons. The van der Waals surface area contributed by atoms with Gasteiger partial charge in [0.1, 0.15) is 0 Å². The van der Waals surface area contributed by atoms with Crippen molar-refractivity contribution in [2.45, 2.75) is 45.0 Å². The van der Waals surface area contributed by atoms with Crippen LogP contribution in [0.2, 0.25) is 0 Å². The molecule has 0 saturated carbocycles. The predicted molar refractivity (Wildman–Crippen MR) is 59.9 cm³/mol. The average molecular weight is 268 g/mol. The molecule has 4 nitrogen and oxygen atoms in total. The monoisotopic (exact) mass is 268 g/mol. The molecule has 0 aromatic rings. The minimum Gasteiger partial charge on any atom is -0.393 e. The van der Waals surface area contributed by atoms with E-state index >= 15 is 0 Å². The summed E-state index contributed by atoms with van der Waals surface area (Å²) in [4.78, 5) is 11.9. The Labute approximate surface area is 104 Å². The third-order valence-electron chi connectivity index (χ3n) is 3.20. The van der Waals surface area contributed by atoms with Crippen molar-refractivity contribution in [3.05, 3.63) is 0 Å². The van der Waals surface area contributed by atoms with E-state index < -0.39 is 29.6 Å². The molecule has 0 aromatic carbocycles. The summed E-state index contributed by atoms with van der Waals surface area (Å²) in [6, 6.07) is -0.489. The summed E-state index contributed by atoms with van der Waals surface area (Å²) in [5.74, 6) is -1.01. The molecule has 1 amide bonds. The van der Waals surface area contributed by atoms with Crippen LogP contribution in [0, 0.1) is 5.41 Å². The van der Waals surface area contributed by atoms with Crippen LogP contribution < -0.4 is 10.6 Å². The fourth-order valence-corrected chi connectivity index (χ4v) is 2.19. The van der Waals surface area contributed by atoms with Crippen LogP contribution in [-0.2, 0) is 4.79 Å². The lowest BCUT2D eigenvalue weighted by molar-refractivity contribution is -0.216. The number of aliphatic hydroxyl groups is 1. The number of carbonyl (C=O) groups excluding carboxylic acids is 1. The van der Waals surface area contributed by atoms with Crippen molar-refractivity contribution in [1.82, 2.24) is 10.6 Å². The molecular formula is C11H19F3N2O2. The van der Waals surface area contributed by atoms with Crippen molar-refractivity contribution in [2.24, 2.45) is 5.41 Å². The number of amides is 1. The molecule has 1 aliphatic rings. The van der Waals surface area contributed by atoms with Crippen LogP contribution in [0.1, 0.15) is 26.7 Å². The molecule has 3 unspecified atom stereocenters. The molecule has 18 heavy (non-hydrogen) atoms. The number of halogens is 3. The van der Waals surface area contributed by atoms with Crippen molar-refractivity contribution in [3.63, 3.8) is 0 Å². The third-order valence-corrected chi connectivity index (χ3v) is 3.20. The quantitative estimate of drug-likeness (QED) is 0.707. The Hall–Kier alpha value is -0.820. The lowest BCUT2D eigenvalue weighted by Crippen LogP contribution is -2.54. The van der Waals surface area contributed by atoms with E-state index in [0.29, 0.717) is 0 Å². The van der Waals surface area contributed by atoms with Crippen LogP contribution >= 0.6 is 0 Å². The highest BCUT2D eigenvalue weighted by molar-refractivity contribution is 5.84. The van der Waals surface area contributed by atoms with Gasteiger partial charge in [0.05, 0.1) is 6.10 Å². The van der Waals surface area contributed by atoms with E-state index in [2.05, 4.69) is 10.6 Å². The minimum absolute atomic E-state index is 0.178. The Morgan fingerprint density at radius 2 is 2.11 bits per heavy atom. The van der Waals surface area contributed by atoms with Crippen molar-refractivity contribution in [1.29, 1.82) is 0 Å². The van der Waals surface area contributed by atoms with Crippen LogP contribution in [0.4, 0.5) is 13.2 Å². The lowest BCUT2D eigenvalue weighted by Gasteiger charge is -2.31. The number of hydrogen-bond acceptors (Lipinski definition) is 3. The first-order chi connectivity index (χ1) is 8.19. The maximum Gasteiger partial charge on any atom is 0.404 e. The third kappa shape index (κ3) is 3.14. The summed E-state index contributed by atoms with van der Waals surface area (Å²) >= 11 is 0. The predicted octanol–water partition coefficient (Wildman–Crippen LogP) is 0.804. The molecule has 0 aliphatic carbocycles. The van der Waals surface area contributed by atoms with E-state index in [-0.39, 0.29) is 25.9 Å². The van der Waals surface area contributed by atoms with Gasteiger partial charge in [-0.15, -0.1) is 0 Å². The highest BCUT2D eigenvalue weighted by Crippen LogP contribution is 2.43. The molecular weight excluding hydrogens is 249 g/mol. The van der Waals surface area contributed by atoms with Gasteiger partial charge in [0, 0.05) is 12.6 Å². The second kappa shape index (κ2) is 5.44. The SMILES string of the molecule is CC(O)CC(C)NC(=O)C1(C(F)(F)F)CCNC1. The Kier molecular flexibility index (Phi) is 4.61. The van der Waals surface area contributed by atoms with E-state index in [9.17, 15) is 18.0 Å². The smallest absolute Gasteiger partial charge is 0.393 e. The highest BCUT2D eigenvalue weighted by Gasteiger charge is 2.61. The molecule has 1 rings (SSSR count). The summed E-state index contributed by atoms with van der Waals surface area (Å²) in [6.45, 7) is 2.90. The van der Waals surface area contributed by atoms with Crippen LogP contribution in [0.5, 0.6) is 0 Å². The standard InChI is InChI=1S/C11H19F3N2O2/c1-7(5-8(2)17)16-9(18)10(11(12,13)14)3-4-15-6-10/h7-8,15,17H,3-6H2,1-2H3,(H,16,18). The van der Waals surface area contributed by atoms with Gasteiger partial charge >= 0.3 is 6.18 Å². The van der Waals surface area contributed by atoms with E-state index in [0.717, 1.165) is 0 Å². The first-order valence-electron chi connectivity index (χ1n) is 5.95. The number of nitrogens with one attached hydrogen (secondary N) is 2. The average Bonchev–Trinajstić information content (AvgIpc) is 2.63. The van der Waals surface area contributed by atoms with Gasteiger partial charge in [-0.25, -0.2) is 0 Å². The zero-order valence-electron chi connectivity index (χ0n) is 10.5. The van der Waals surface area contributed by atoms with Gasteiger partial charge in [-0.05, 0) is 33.2 Å². The van der Waals surface area contributed by atoms with E-state index in [1.54, 1.807) is 6.92 Å². The van der Waals surface area contributed by atoms with Crippen LogP contribution in [0.15, 0.2) is 0 Å². The van der Waals surface area contributed by atoms with Crippen LogP contribution in [-0.4, -0.2) is 42.4 Å². The maximum atomic E-state index is 13.0. The topological polar surface area (TPSA) is 61.4 Å². The van der Waals surface area contributed by atoms with Crippen molar-refractivity contribution in [2.75, 3.05) is 13.1 Å². The van der Waals surface area contributed by atoms with Gasteiger partial charge in [-0.3, -0.25) is 4.79 Å². The van der Waals surface area contributed by atoms with Gasteiger partial charge in [0.25, 0.3) is 0 Å². The molecule has 7 heteroatoms. The Morgan fingerprint density at radius 1 is 1.50 bits per heavy atom. The van der Waals surface area contributed by atoms with Crippen molar-refractivity contribution >= 4 is 5.91 Å². The zero-order chi connectivity index (χ0) is 14.0. The second-order valence-electron chi connectivity index (χ2n) is 4.97. The first-order valence-corrected chi connectivity index (χ1v) is 5.95. The normalized spacial score (nSPS) is 27.9. The maximum absolute atomic E-state index is 13.0. The summed E-state index contributed by atoms with van der Waals surface area (Å²) in [5, 5.41) is 14.1. The first kappa shape index (κ1) is 15.2. The van der Waals surface area contributed by atoms with E-state index in [1.807, 2.05) is 0 Å². The molecule has 0 bridgehead atoms. The van der Waals surface area contributed by atoms with Crippen molar-refractivity contribution < 1.29 is 23.1 Å². The van der Waals surface area contributed by atoms with E-state index in [4.69, 9.17) is 5.11 Å². The molecule has 106 valence electrons. The summed E-state index contributed by atoms with van der Waals surface area (Å²) in [6.07, 6.45) is -5.24. The van der Waals surface area contributed by atoms with Gasteiger partial charge in [0.2, 0.25) is 5.91 Å². The summed E-state index contributed by atoms with van der Waals surface area (Å²) in [7, 11) is 0. The van der Waals surface area contributed by atoms with Gasteiger partial charge in [-0.1, -0.05) is 0 Å². The highest BCUT2D eigenvalue weighted by atomic mass is 19.4. The molecule has 1 aliphatic heterocycles. The summed E-state index contributed by atoms with van der Waals surface area (Å²) in [5.41, 5.74) is -2.33. The number of hydrogen-bond donors (Lipinski definition) is 3. The molecule has 1 saturated heterocycles.